The van der Waals surface area contributed by atoms with Crippen LogP contribution in [0.25, 0.3) is 0 Å². The van der Waals surface area contributed by atoms with Crippen LogP contribution in [0, 0.1) is 0 Å². The number of alkyl halides is 3. The van der Waals surface area contributed by atoms with Crippen LogP contribution in [0.5, 0.6) is 11.5 Å². The Morgan fingerprint density at radius 2 is 1.52 bits per heavy atom. The highest BCUT2D eigenvalue weighted by molar-refractivity contribution is 5.93. The first-order chi connectivity index (χ1) is 11.6. The van der Waals surface area contributed by atoms with Crippen LogP contribution in [0.3, 0.4) is 0 Å². The Kier molecular flexibility index (Phi) is 5.40. The van der Waals surface area contributed by atoms with Gasteiger partial charge in [0.2, 0.25) is 0 Å². The molecule has 2 aromatic rings. The van der Waals surface area contributed by atoms with Crippen molar-refractivity contribution in [3.8, 4) is 11.5 Å². The molecule has 25 heavy (non-hydrogen) atoms. The molecule has 0 N–H and O–H groups in total. The number of carbonyl (C=O) groups excluding carboxylic acids is 1. The second kappa shape index (κ2) is 7.17. The van der Waals surface area contributed by atoms with Gasteiger partial charge >= 0.3 is 12.3 Å². The largest absolute Gasteiger partial charge is 0.573 e. The predicted octanol–water partition coefficient (Wildman–Crippen LogP) is 5.49. The van der Waals surface area contributed by atoms with Crippen LogP contribution < -0.4 is 9.47 Å². The van der Waals surface area contributed by atoms with E-state index in [-0.39, 0.29) is 11.2 Å². The molecule has 0 saturated carbocycles. The summed E-state index contributed by atoms with van der Waals surface area (Å²) < 4.78 is 46.6. The summed E-state index contributed by atoms with van der Waals surface area (Å²) in [4.78, 5) is 12.6. The van der Waals surface area contributed by atoms with Gasteiger partial charge in [0.15, 0.2) is 11.5 Å². The molecule has 0 aliphatic rings. The summed E-state index contributed by atoms with van der Waals surface area (Å²) in [6.07, 6.45) is -4.09. The number of benzene rings is 2. The molecule has 0 heterocycles. The number of para-hydroxylation sites is 2. The normalized spacial score (nSPS) is 11.9. The zero-order valence-corrected chi connectivity index (χ0v) is 14.2. The standard InChI is InChI=1S/C19H19F3O3/c1-4-18(2,3)14-10-6-5-9-13(14)17(23)24-15-11-7-8-12-16(15)25-19(20,21)22/h5-12H,4H2,1-3H3. The van der Waals surface area contributed by atoms with Gasteiger partial charge in [-0.1, -0.05) is 51.1 Å². The molecule has 6 heteroatoms. The molecule has 0 aliphatic heterocycles. The molecule has 0 saturated heterocycles. The molecule has 3 nitrogen and oxygen atoms in total. The Balaban J connectivity index is 2.34. The van der Waals surface area contributed by atoms with Crippen LogP contribution in [0.1, 0.15) is 43.1 Å². The van der Waals surface area contributed by atoms with E-state index in [1.54, 1.807) is 12.1 Å². The quantitative estimate of drug-likeness (QED) is 0.527. The van der Waals surface area contributed by atoms with E-state index in [1.165, 1.54) is 18.2 Å². The summed E-state index contributed by atoms with van der Waals surface area (Å²) >= 11 is 0. The van der Waals surface area contributed by atoms with Gasteiger partial charge in [0.05, 0.1) is 5.56 Å². The van der Waals surface area contributed by atoms with Gasteiger partial charge < -0.3 is 9.47 Å². The summed E-state index contributed by atoms with van der Waals surface area (Å²) in [6, 6.07) is 12.1. The Hall–Kier alpha value is -2.50. The van der Waals surface area contributed by atoms with Crippen molar-refractivity contribution in [3.05, 3.63) is 59.7 Å². The number of carbonyl (C=O) groups is 1. The molecule has 0 aromatic heterocycles. The van der Waals surface area contributed by atoms with Crippen molar-refractivity contribution < 1.29 is 27.4 Å². The highest BCUT2D eigenvalue weighted by Gasteiger charge is 2.33. The molecule has 2 rings (SSSR count). The van der Waals surface area contributed by atoms with Gasteiger partial charge in [-0.3, -0.25) is 0 Å². The maximum Gasteiger partial charge on any atom is 0.573 e. The van der Waals surface area contributed by atoms with Gasteiger partial charge in [-0.05, 0) is 35.6 Å². The van der Waals surface area contributed by atoms with Gasteiger partial charge in [0, 0.05) is 0 Å². The lowest BCUT2D eigenvalue weighted by molar-refractivity contribution is -0.275. The first kappa shape index (κ1) is 18.8. The van der Waals surface area contributed by atoms with Gasteiger partial charge in [-0.2, -0.15) is 0 Å². The third kappa shape index (κ3) is 4.75. The van der Waals surface area contributed by atoms with E-state index in [2.05, 4.69) is 4.74 Å². The van der Waals surface area contributed by atoms with Crippen molar-refractivity contribution in [2.24, 2.45) is 0 Å². The molecule has 0 spiro atoms. The minimum absolute atomic E-state index is 0.280. The molecule has 0 radical (unpaired) electrons. The average molecular weight is 352 g/mol. The number of rotatable bonds is 5. The summed E-state index contributed by atoms with van der Waals surface area (Å²) in [7, 11) is 0. The zero-order valence-electron chi connectivity index (χ0n) is 14.2. The molecule has 0 fully saturated rings. The maximum atomic E-state index is 12.6. The van der Waals surface area contributed by atoms with Crippen LogP contribution in [-0.4, -0.2) is 12.3 Å². The lowest BCUT2D eigenvalue weighted by atomic mass is 9.80. The van der Waals surface area contributed by atoms with Crippen molar-refractivity contribution in [3.63, 3.8) is 0 Å². The molecule has 0 unspecified atom stereocenters. The highest BCUT2D eigenvalue weighted by Crippen LogP contribution is 2.34. The average Bonchev–Trinajstić information content (AvgIpc) is 2.55. The second-order valence-corrected chi connectivity index (χ2v) is 6.17. The van der Waals surface area contributed by atoms with Gasteiger partial charge in [0.1, 0.15) is 0 Å². The van der Waals surface area contributed by atoms with E-state index in [0.717, 1.165) is 18.1 Å². The summed E-state index contributed by atoms with van der Waals surface area (Å²) in [5, 5.41) is 0. The van der Waals surface area contributed by atoms with Crippen LogP contribution in [-0.2, 0) is 5.41 Å². The molecule has 0 aliphatic carbocycles. The number of ether oxygens (including phenoxy) is 2. The van der Waals surface area contributed by atoms with Crippen molar-refractivity contribution in [2.45, 2.75) is 39.0 Å². The topological polar surface area (TPSA) is 35.5 Å². The van der Waals surface area contributed by atoms with E-state index in [9.17, 15) is 18.0 Å². The molecule has 0 bridgehead atoms. The molecular formula is C19H19F3O3. The Morgan fingerprint density at radius 3 is 2.12 bits per heavy atom. The van der Waals surface area contributed by atoms with Gasteiger partial charge in [0.25, 0.3) is 0 Å². The zero-order chi connectivity index (χ0) is 18.7. The smallest absolute Gasteiger partial charge is 0.419 e. The molecular weight excluding hydrogens is 333 g/mol. The van der Waals surface area contributed by atoms with Crippen LogP contribution >= 0.6 is 0 Å². The van der Waals surface area contributed by atoms with Crippen LogP contribution in [0.4, 0.5) is 13.2 Å². The maximum absolute atomic E-state index is 12.6. The first-order valence-electron chi connectivity index (χ1n) is 7.80. The SMILES string of the molecule is CCC(C)(C)c1ccccc1C(=O)Oc1ccccc1OC(F)(F)F. The second-order valence-electron chi connectivity index (χ2n) is 6.17. The minimum atomic E-state index is -4.87. The predicted molar refractivity (Wildman–Crippen MR) is 87.8 cm³/mol. The Morgan fingerprint density at radius 1 is 0.960 bits per heavy atom. The third-order valence-corrected chi connectivity index (χ3v) is 4.04. The van der Waals surface area contributed by atoms with Crippen molar-refractivity contribution in [1.82, 2.24) is 0 Å². The summed E-state index contributed by atoms with van der Waals surface area (Å²) in [6.45, 7) is 5.97. The van der Waals surface area contributed by atoms with Crippen LogP contribution in [0.15, 0.2) is 48.5 Å². The molecule has 0 amide bonds. The van der Waals surface area contributed by atoms with Crippen molar-refractivity contribution in [2.75, 3.05) is 0 Å². The number of halogens is 3. The summed E-state index contributed by atoms with van der Waals surface area (Å²) in [5.41, 5.74) is 0.810. The van der Waals surface area contributed by atoms with E-state index in [0.29, 0.717) is 5.56 Å². The fraction of sp³-hybridized carbons (Fsp3) is 0.316. The summed E-state index contributed by atoms with van der Waals surface area (Å²) in [5.74, 6) is -1.57. The van der Waals surface area contributed by atoms with Crippen LogP contribution in [0.2, 0.25) is 0 Å². The van der Waals surface area contributed by atoms with Crippen molar-refractivity contribution >= 4 is 5.97 Å². The monoisotopic (exact) mass is 352 g/mol. The molecule has 134 valence electrons. The van der Waals surface area contributed by atoms with Crippen molar-refractivity contribution in [1.29, 1.82) is 0 Å². The van der Waals surface area contributed by atoms with E-state index in [4.69, 9.17) is 4.74 Å². The number of hydrogen-bond acceptors (Lipinski definition) is 3. The van der Waals surface area contributed by atoms with E-state index >= 15 is 0 Å². The molecule has 0 atom stereocenters. The van der Waals surface area contributed by atoms with E-state index in [1.807, 2.05) is 32.9 Å². The number of hydrogen-bond donors (Lipinski definition) is 0. The highest BCUT2D eigenvalue weighted by atomic mass is 19.4. The first-order valence-corrected chi connectivity index (χ1v) is 7.80. The number of esters is 1. The fourth-order valence-electron chi connectivity index (χ4n) is 2.34. The molecule has 2 aromatic carbocycles. The van der Waals surface area contributed by atoms with Gasteiger partial charge in [-0.25, -0.2) is 4.79 Å². The van der Waals surface area contributed by atoms with Gasteiger partial charge in [-0.15, -0.1) is 13.2 Å². The van der Waals surface area contributed by atoms with E-state index < -0.39 is 18.1 Å². The lowest BCUT2D eigenvalue weighted by Gasteiger charge is -2.25. The minimum Gasteiger partial charge on any atom is -0.419 e. The Bertz CT molecular complexity index is 752. The fourth-order valence-corrected chi connectivity index (χ4v) is 2.34. The third-order valence-electron chi connectivity index (χ3n) is 4.04. The lowest BCUT2D eigenvalue weighted by Crippen LogP contribution is -2.22. The Labute approximate surface area is 144 Å².